The van der Waals surface area contributed by atoms with Crippen LogP contribution in [0.15, 0.2) is 18.6 Å². The summed E-state index contributed by atoms with van der Waals surface area (Å²) >= 11 is 0. The third-order valence-corrected chi connectivity index (χ3v) is 6.23. The Bertz CT molecular complexity index is 917. The average molecular weight is 395 g/mol. The van der Waals surface area contributed by atoms with Crippen molar-refractivity contribution in [1.82, 2.24) is 23.9 Å². The van der Waals surface area contributed by atoms with Gasteiger partial charge in [-0.1, -0.05) is 0 Å². The summed E-state index contributed by atoms with van der Waals surface area (Å²) in [5.74, 6) is -0.514. The quantitative estimate of drug-likeness (QED) is 0.789. The first-order chi connectivity index (χ1) is 12.8. The maximum absolute atomic E-state index is 12.5. The molecule has 2 aromatic rings. The molecule has 1 N–H and O–H groups in total. The van der Waals surface area contributed by atoms with E-state index in [4.69, 9.17) is 0 Å². The van der Waals surface area contributed by atoms with Crippen LogP contribution in [0.3, 0.4) is 0 Å². The van der Waals surface area contributed by atoms with Gasteiger partial charge in [0.05, 0.1) is 36.8 Å². The number of rotatable bonds is 6. The van der Waals surface area contributed by atoms with E-state index in [0.29, 0.717) is 31.6 Å². The van der Waals surface area contributed by atoms with Crippen molar-refractivity contribution in [2.45, 2.75) is 39.8 Å². The normalized spacial score (nSPS) is 18.6. The van der Waals surface area contributed by atoms with Crippen LogP contribution in [0.5, 0.6) is 0 Å². The lowest BCUT2D eigenvalue weighted by Gasteiger charge is -2.29. The number of hydrogen-bond donors (Lipinski definition) is 1. The van der Waals surface area contributed by atoms with Crippen LogP contribution < -0.4 is 5.32 Å². The molecule has 3 rings (SSSR count). The van der Waals surface area contributed by atoms with Crippen molar-refractivity contribution < 1.29 is 13.2 Å². The van der Waals surface area contributed by atoms with E-state index in [0.717, 1.165) is 17.8 Å². The van der Waals surface area contributed by atoms with Gasteiger partial charge in [0.15, 0.2) is 0 Å². The highest BCUT2D eigenvalue weighted by atomic mass is 32.2. The number of carbonyl (C=O) groups excluding carboxylic acids is 1. The Morgan fingerprint density at radius 2 is 2.11 bits per heavy atom. The van der Waals surface area contributed by atoms with Gasteiger partial charge in [0.1, 0.15) is 0 Å². The van der Waals surface area contributed by atoms with E-state index in [1.165, 1.54) is 10.6 Å². The van der Waals surface area contributed by atoms with Gasteiger partial charge in [0.25, 0.3) is 0 Å². The van der Waals surface area contributed by atoms with Crippen LogP contribution in [0.25, 0.3) is 0 Å². The van der Waals surface area contributed by atoms with Crippen LogP contribution in [-0.4, -0.2) is 57.5 Å². The molecule has 0 saturated carbocycles. The minimum absolute atomic E-state index is 0.169. The zero-order valence-corrected chi connectivity index (χ0v) is 16.7. The highest BCUT2D eigenvalue weighted by Crippen LogP contribution is 2.20. The first kappa shape index (κ1) is 19.6. The molecular weight excluding hydrogens is 368 g/mol. The molecule has 0 aliphatic carbocycles. The highest BCUT2D eigenvalue weighted by Gasteiger charge is 2.30. The smallest absolute Gasteiger partial charge is 0.228 e. The Morgan fingerprint density at radius 3 is 2.78 bits per heavy atom. The van der Waals surface area contributed by atoms with E-state index in [9.17, 15) is 13.2 Å². The maximum atomic E-state index is 12.5. The van der Waals surface area contributed by atoms with E-state index >= 15 is 0 Å². The molecule has 1 atom stereocenters. The van der Waals surface area contributed by atoms with Crippen LogP contribution >= 0.6 is 0 Å². The monoisotopic (exact) mass is 394 g/mol. The number of carbonyl (C=O) groups is 1. The standard InChI is InChI=1S/C17H26N6O3S/c1-4-23-13(2)15(8-19-23)10-21-12-16(9-18-21)20-17(24)14-6-5-7-22(11-14)27(3,25)26/h8-9,12,14H,4-7,10-11H2,1-3H3,(H,20,24)/t14-/m1/s1. The van der Waals surface area contributed by atoms with Crippen LogP contribution in [0.2, 0.25) is 0 Å². The van der Waals surface area contributed by atoms with Crippen molar-refractivity contribution >= 4 is 21.6 Å². The van der Waals surface area contributed by atoms with Crippen molar-refractivity contribution in [3.63, 3.8) is 0 Å². The van der Waals surface area contributed by atoms with E-state index in [2.05, 4.69) is 15.5 Å². The van der Waals surface area contributed by atoms with Crippen LogP contribution in [0, 0.1) is 12.8 Å². The molecule has 0 radical (unpaired) electrons. The molecular formula is C17H26N6O3S. The molecule has 0 unspecified atom stereocenters. The molecule has 2 aromatic heterocycles. The fourth-order valence-electron chi connectivity index (χ4n) is 3.35. The Hall–Kier alpha value is -2.20. The summed E-state index contributed by atoms with van der Waals surface area (Å²) in [5.41, 5.74) is 2.78. The van der Waals surface area contributed by atoms with E-state index in [-0.39, 0.29) is 18.4 Å². The third-order valence-electron chi connectivity index (χ3n) is 4.96. The molecule has 0 spiro atoms. The van der Waals surface area contributed by atoms with E-state index < -0.39 is 10.0 Å². The Labute approximate surface area is 159 Å². The number of anilines is 1. The molecule has 3 heterocycles. The summed E-state index contributed by atoms with van der Waals surface area (Å²) in [6.45, 7) is 6.17. The van der Waals surface area contributed by atoms with Gasteiger partial charge in [0, 0.05) is 37.1 Å². The number of nitrogens with zero attached hydrogens (tertiary/aromatic N) is 5. The summed E-state index contributed by atoms with van der Waals surface area (Å²) in [6, 6.07) is 0. The van der Waals surface area contributed by atoms with Gasteiger partial charge in [-0.25, -0.2) is 12.7 Å². The van der Waals surface area contributed by atoms with Gasteiger partial charge in [-0.05, 0) is 26.7 Å². The molecule has 148 valence electrons. The first-order valence-corrected chi connectivity index (χ1v) is 10.9. The second kappa shape index (κ2) is 7.81. The van der Waals surface area contributed by atoms with Crippen molar-refractivity contribution in [3.8, 4) is 0 Å². The van der Waals surface area contributed by atoms with Crippen molar-refractivity contribution in [2.24, 2.45) is 5.92 Å². The molecule has 1 fully saturated rings. The van der Waals surface area contributed by atoms with Gasteiger partial charge >= 0.3 is 0 Å². The molecule has 1 amide bonds. The number of aromatic nitrogens is 4. The second-order valence-electron chi connectivity index (χ2n) is 6.95. The van der Waals surface area contributed by atoms with Crippen molar-refractivity contribution in [1.29, 1.82) is 0 Å². The largest absolute Gasteiger partial charge is 0.323 e. The summed E-state index contributed by atoms with van der Waals surface area (Å²) < 4.78 is 28.5. The fraction of sp³-hybridized carbons (Fsp3) is 0.588. The number of aryl methyl sites for hydroxylation is 1. The second-order valence-corrected chi connectivity index (χ2v) is 8.93. The van der Waals surface area contributed by atoms with Crippen LogP contribution in [-0.2, 0) is 27.9 Å². The van der Waals surface area contributed by atoms with Crippen LogP contribution in [0.1, 0.15) is 31.0 Å². The molecule has 27 heavy (non-hydrogen) atoms. The minimum atomic E-state index is -3.27. The van der Waals surface area contributed by atoms with Gasteiger partial charge in [0.2, 0.25) is 15.9 Å². The summed E-state index contributed by atoms with van der Waals surface area (Å²) in [6.07, 6.45) is 7.76. The summed E-state index contributed by atoms with van der Waals surface area (Å²) in [5, 5.41) is 11.5. The predicted molar refractivity (Wildman–Crippen MR) is 102 cm³/mol. The van der Waals surface area contributed by atoms with Gasteiger partial charge < -0.3 is 5.32 Å². The fourth-order valence-corrected chi connectivity index (χ4v) is 4.26. The molecule has 1 aliphatic rings. The minimum Gasteiger partial charge on any atom is -0.323 e. The Balaban J connectivity index is 1.61. The lowest BCUT2D eigenvalue weighted by atomic mass is 9.99. The lowest BCUT2D eigenvalue weighted by Crippen LogP contribution is -2.43. The number of nitrogens with one attached hydrogen (secondary N) is 1. The van der Waals surface area contributed by atoms with Crippen molar-refractivity contribution in [2.75, 3.05) is 24.7 Å². The Kier molecular flexibility index (Phi) is 5.66. The molecule has 9 nitrogen and oxygen atoms in total. The van der Waals surface area contributed by atoms with Crippen molar-refractivity contribution in [3.05, 3.63) is 29.8 Å². The Morgan fingerprint density at radius 1 is 1.33 bits per heavy atom. The number of hydrogen-bond acceptors (Lipinski definition) is 5. The van der Waals surface area contributed by atoms with Gasteiger partial charge in [-0.15, -0.1) is 0 Å². The zero-order valence-electron chi connectivity index (χ0n) is 15.9. The van der Waals surface area contributed by atoms with Gasteiger partial charge in [-0.2, -0.15) is 10.2 Å². The first-order valence-electron chi connectivity index (χ1n) is 9.07. The van der Waals surface area contributed by atoms with E-state index in [1.54, 1.807) is 17.1 Å². The summed E-state index contributed by atoms with van der Waals surface area (Å²) in [7, 11) is -3.27. The SMILES string of the molecule is CCn1ncc(Cn2cc(NC(=O)[C@@H]3CCCN(S(C)(=O)=O)C3)cn2)c1C. The van der Waals surface area contributed by atoms with Gasteiger partial charge in [-0.3, -0.25) is 14.2 Å². The molecule has 0 aromatic carbocycles. The molecule has 1 saturated heterocycles. The topological polar surface area (TPSA) is 102 Å². The number of amides is 1. The van der Waals surface area contributed by atoms with E-state index in [1.807, 2.05) is 24.7 Å². The highest BCUT2D eigenvalue weighted by molar-refractivity contribution is 7.88. The zero-order chi connectivity index (χ0) is 19.6. The predicted octanol–water partition coefficient (Wildman–Crippen LogP) is 1.07. The summed E-state index contributed by atoms with van der Waals surface area (Å²) in [4.78, 5) is 12.5. The molecule has 10 heteroatoms. The number of piperidine rings is 1. The maximum Gasteiger partial charge on any atom is 0.228 e. The number of sulfonamides is 1. The lowest BCUT2D eigenvalue weighted by molar-refractivity contribution is -0.120. The molecule has 1 aliphatic heterocycles. The molecule has 0 bridgehead atoms. The van der Waals surface area contributed by atoms with Crippen LogP contribution in [0.4, 0.5) is 5.69 Å². The average Bonchev–Trinajstić information content (AvgIpc) is 3.21. The third kappa shape index (κ3) is 4.56.